The second-order valence-corrected chi connectivity index (χ2v) is 8.33. The Balaban J connectivity index is 1.82. The average molecular weight is 364 g/mol. The summed E-state index contributed by atoms with van der Waals surface area (Å²) in [6, 6.07) is 7.79. The SMILES string of the molecule is C=CCSc1nnc(NC(=O)COc2ccc(C(C)(C)C)cc2)s1. The fourth-order valence-corrected chi connectivity index (χ4v) is 3.33. The van der Waals surface area contributed by atoms with E-state index in [1.807, 2.05) is 24.3 Å². The summed E-state index contributed by atoms with van der Waals surface area (Å²) in [5.74, 6) is 1.17. The van der Waals surface area contributed by atoms with Gasteiger partial charge < -0.3 is 4.74 Å². The Labute approximate surface area is 150 Å². The average Bonchev–Trinajstić information content (AvgIpc) is 2.98. The van der Waals surface area contributed by atoms with Crippen LogP contribution in [0.15, 0.2) is 41.3 Å². The molecule has 0 fully saturated rings. The third-order valence-electron chi connectivity index (χ3n) is 3.07. The van der Waals surface area contributed by atoms with Crippen molar-refractivity contribution in [1.82, 2.24) is 10.2 Å². The molecule has 0 saturated heterocycles. The summed E-state index contributed by atoms with van der Waals surface area (Å²) in [6.45, 7) is 10.0. The molecular weight excluding hydrogens is 342 g/mol. The van der Waals surface area contributed by atoms with Crippen LogP contribution in [0.25, 0.3) is 0 Å². The molecule has 2 rings (SSSR count). The molecule has 0 aliphatic heterocycles. The molecule has 1 amide bonds. The van der Waals surface area contributed by atoms with Gasteiger partial charge >= 0.3 is 0 Å². The van der Waals surface area contributed by atoms with Crippen LogP contribution in [-0.2, 0) is 10.2 Å². The highest BCUT2D eigenvalue weighted by molar-refractivity contribution is 8.01. The topological polar surface area (TPSA) is 64.1 Å². The van der Waals surface area contributed by atoms with Gasteiger partial charge in [0.1, 0.15) is 5.75 Å². The van der Waals surface area contributed by atoms with E-state index in [2.05, 4.69) is 42.9 Å². The van der Waals surface area contributed by atoms with E-state index < -0.39 is 0 Å². The first-order chi connectivity index (χ1) is 11.4. The molecule has 0 saturated carbocycles. The first-order valence-electron chi connectivity index (χ1n) is 7.49. The van der Waals surface area contributed by atoms with Gasteiger partial charge in [0, 0.05) is 5.75 Å². The Morgan fingerprint density at radius 2 is 2.04 bits per heavy atom. The number of hydrogen-bond donors (Lipinski definition) is 1. The molecule has 1 aromatic carbocycles. The summed E-state index contributed by atoms with van der Waals surface area (Å²) in [7, 11) is 0. The van der Waals surface area contributed by atoms with Crippen molar-refractivity contribution >= 4 is 34.1 Å². The normalized spacial score (nSPS) is 11.1. The van der Waals surface area contributed by atoms with Crippen molar-refractivity contribution in [3.8, 4) is 5.75 Å². The molecule has 1 N–H and O–H groups in total. The minimum absolute atomic E-state index is 0.0659. The number of thioether (sulfide) groups is 1. The first-order valence-corrected chi connectivity index (χ1v) is 9.29. The molecule has 0 atom stereocenters. The number of benzene rings is 1. The van der Waals surface area contributed by atoms with Crippen LogP contribution in [0.5, 0.6) is 5.75 Å². The van der Waals surface area contributed by atoms with Gasteiger partial charge in [-0.2, -0.15) is 0 Å². The molecule has 0 aliphatic carbocycles. The summed E-state index contributed by atoms with van der Waals surface area (Å²) < 4.78 is 6.30. The van der Waals surface area contributed by atoms with E-state index in [1.165, 1.54) is 28.7 Å². The quantitative estimate of drug-likeness (QED) is 0.455. The van der Waals surface area contributed by atoms with Crippen molar-refractivity contribution in [1.29, 1.82) is 0 Å². The van der Waals surface area contributed by atoms with Crippen LogP contribution in [0.1, 0.15) is 26.3 Å². The summed E-state index contributed by atoms with van der Waals surface area (Å²) in [6.07, 6.45) is 1.79. The number of carbonyl (C=O) groups excluding carboxylic acids is 1. The molecule has 5 nitrogen and oxygen atoms in total. The molecule has 128 valence electrons. The van der Waals surface area contributed by atoms with Crippen LogP contribution in [-0.4, -0.2) is 28.5 Å². The van der Waals surface area contributed by atoms with Crippen LogP contribution in [0, 0.1) is 0 Å². The molecule has 0 radical (unpaired) electrons. The Morgan fingerprint density at radius 1 is 1.33 bits per heavy atom. The highest BCUT2D eigenvalue weighted by atomic mass is 32.2. The zero-order chi connectivity index (χ0) is 17.6. The molecule has 0 aliphatic rings. The number of ether oxygens (including phenoxy) is 1. The predicted octanol–water partition coefficient (Wildman–Crippen LogP) is 4.13. The number of amides is 1. The molecule has 1 heterocycles. The second-order valence-electron chi connectivity index (χ2n) is 6.08. The van der Waals surface area contributed by atoms with Gasteiger partial charge in [0.2, 0.25) is 5.13 Å². The van der Waals surface area contributed by atoms with E-state index in [0.29, 0.717) is 10.9 Å². The molecule has 0 spiro atoms. The zero-order valence-electron chi connectivity index (χ0n) is 14.0. The maximum absolute atomic E-state index is 11.9. The monoisotopic (exact) mass is 363 g/mol. The Morgan fingerprint density at radius 3 is 2.67 bits per heavy atom. The van der Waals surface area contributed by atoms with Gasteiger partial charge in [-0.1, -0.05) is 62.1 Å². The summed E-state index contributed by atoms with van der Waals surface area (Å²) in [4.78, 5) is 11.9. The molecular formula is C17H21N3O2S2. The van der Waals surface area contributed by atoms with Crippen LogP contribution in [0.3, 0.4) is 0 Å². The first kappa shape index (κ1) is 18.5. The molecule has 0 bridgehead atoms. The third-order valence-corrected chi connectivity index (χ3v) is 5.04. The predicted molar refractivity (Wildman–Crippen MR) is 100 cm³/mol. The lowest BCUT2D eigenvalue weighted by atomic mass is 9.87. The van der Waals surface area contributed by atoms with Gasteiger partial charge in [-0.05, 0) is 23.1 Å². The number of hydrogen-bond acceptors (Lipinski definition) is 6. The van der Waals surface area contributed by atoms with Crippen molar-refractivity contribution < 1.29 is 9.53 Å². The molecule has 7 heteroatoms. The minimum Gasteiger partial charge on any atom is -0.484 e. The van der Waals surface area contributed by atoms with Crippen LogP contribution >= 0.6 is 23.1 Å². The van der Waals surface area contributed by atoms with Gasteiger partial charge in [0.15, 0.2) is 10.9 Å². The number of anilines is 1. The Bertz CT molecular complexity index is 691. The van der Waals surface area contributed by atoms with Gasteiger partial charge in [-0.3, -0.25) is 10.1 Å². The van der Waals surface area contributed by atoms with E-state index in [9.17, 15) is 4.79 Å². The Kier molecular flexibility index (Phi) is 6.39. The van der Waals surface area contributed by atoms with Crippen molar-refractivity contribution in [3.05, 3.63) is 42.5 Å². The summed E-state index contributed by atoms with van der Waals surface area (Å²) >= 11 is 2.86. The second kappa shape index (κ2) is 8.30. The lowest BCUT2D eigenvalue weighted by molar-refractivity contribution is -0.118. The fourth-order valence-electron chi connectivity index (χ4n) is 1.80. The fraction of sp³-hybridized carbons (Fsp3) is 0.353. The number of nitrogens with zero attached hydrogens (tertiary/aromatic N) is 2. The number of rotatable bonds is 7. The van der Waals surface area contributed by atoms with E-state index in [4.69, 9.17) is 4.74 Å². The zero-order valence-corrected chi connectivity index (χ0v) is 15.7. The maximum Gasteiger partial charge on any atom is 0.264 e. The Hall–Kier alpha value is -1.86. The summed E-state index contributed by atoms with van der Waals surface area (Å²) in [5, 5.41) is 11.1. The standard InChI is InChI=1S/C17H21N3O2S2/c1-5-10-23-16-20-19-15(24-16)18-14(21)11-22-13-8-6-12(7-9-13)17(2,3)4/h5-9H,1,10-11H2,2-4H3,(H,18,19,21). The van der Waals surface area contributed by atoms with Crippen molar-refractivity contribution in [3.63, 3.8) is 0 Å². The smallest absolute Gasteiger partial charge is 0.264 e. The van der Waals surface area contributed by atoms with Gasteiger partial charge in [-0.25, -0.2) is 0 Å². The minimum atomic E-state index is -0.258. The van der Waals surface area contributed by atoms with Gasteiger partial charge in [-0.15, -0.1) is 16.8 Å². The van der Waals surface area contributed by atoms with E-state index >= 15 is 0 Å². The van der Waals surface area contributed by atoms with Crippen LogP contribution in [0.4, 0.5) is 5.13 Å². The number of aromatic nitrogens is 2. The van der Waals surface area contributed by atoms with Crippen molar-refractivity contribution in [2.75, 3.05) is 17.7 Å². The largest absolute Gasteiger partial charge is 0.484 e. The van der Waals surface area contributed by atoms with Crippen molar-refractivity contribution in [2.24, 2.45) is 0 Å². The molecule has 24 heavy (non-hydrogen) atoms. The van der Waals surface area contributed by atoms with Crippen LogP contribution < -0.4 is 10.1 Å². The van der Waals surface area contributed by atoms with Crippen molar-refractivity contribution in [2.45, 2.75) is 30.5 Å². The summed E-state index contributed by atoms with van der Waals surface area (Å²) in [5.41, 5.74) is 1.31. The lowest BCUT2D eigenvalue weighted by Crippen LogP contribution is -2.20. The highest BCUT2D eigenvalue weighted by Crippen LogP contribution is 2.26. The van der Waals surface area contributed by atoms with Gasteiger partial charge in [0.25, 0.3) is 5.91 Å². The molecule has 0 unspecified atom stereocenters. The van der Waals surface area contributed by atoms with Gasteiger partial charge in [0.05, 0.1) is 0 Å². The highest BCUT2D eigenvalue weighted by Gasteiger charge is 2.13. The van der Waals surface area contributed by atoms with E-state index in [1.54, 1.807) is 6.08 Å². The molecule has 1 aromatic heterocycles. The lowest BCUT2D eigenvalue weighted by Gasteiger charge is -2.19. The van der Waals surface area contributed by atoms with E-state index in [0.717, 1.165) is 10.1 Å². The maximum atomic E-state index is 11.9. The van der Waals surface area contributed by atoms with Crippen LogP contribution in [0.2, 0.25) is 0 Å². The molecule has 2 aromatic rings. The number of nitrogens with one attached hydrogen (secondary N) is 1. The van der Waals surface area contributed by atoms with E-state index in [-0.39, 0.29) is 17.9 Å². The number of carbonyl (C=O) groups is 1. The third kappa shape index (κ3) is 5.65.